The first-order chi connectivity index (χ1) is 15.1. The van der Waals surface area contributed by atoms with Gasteiger partial charge >= 0.3 is 5.97 Å². The fourth-order valence-electron chi connectivity index (χ4n) is 4.82. The predicted molar refractivity (Wildman–Crippen MR) is 132 cm³/mol. The summed E-state index contributed by atoms with van der Waals surface area (Å²) in [5.74, 6) is 0.313. The second-order valence-electron chi connectivity index (χ2n) is 9.19. The summed E-state index contributed by atoms with van der Waals surface area (Å²) in [4.78, 5) is 12.6. The van der Waals surface area contributed by atoms with Crippen molar-refractivity contribution in [2.24, 2.45) is 0 Å². The van der Waals surface area contributed by atoms with E-state index in [1.807, 2.05) is 24.3 Å². The maximum absolute atomic E-state index is 12.6. The lowest BCUT2D eigenvalue weighted by Gasteiger charge is -2.22. The van der Waals surface area contributed by atoms with Crippen molar-refractivity contribution < 1.29 is 18.4 Å². The Morgan fingerprint density at radius 3 is 2.06 bits per heavy atom. The SMILES string of the molecule is COC(=O)c1nn(-c2ccc(OC)cc2)c2cc3cc4c(cc3cc12)[Si](C)(C)O[Si]4(C)C. The zero-order valence-electron chi connectivity index (χ0n) is 19.1. The first-order valence-electron chi connectivity index (χ1n) is 10.6. The predicted octanol–water partition coefficient (Wildman–Crippen LogP) is 3.83. The van der Waals surface area contributed by atoms with Crippen LogP contribution in [0, 0.1) is 0 Å². The van der Waals surface area contributed by atoms with Crippen LogP contribution in [0.15, 0.2) is 48.5 Å². The zero-order valence-corrected chi connectivity index (χ0v) is 21.1. The molecule has 5 rings (SSSR count). The van der Waals surface area contributed by atoms with Crippen LogP contribution >= 0.6 is 0 Å². The molecule has 1 aliphatic heterocycles. The smallest absolute Gasteiger partial charge is 0.359 e. The largest absolute Gasteiger partial charge is 0.497 e. The number of benzene rings is 3. The minimum atomic E-state index is -1.94. The number of aromatic nitrogens is 2. The quantitative estimate of drug-likeness (QED) is 0.342. The highest BCUT2D eigenvalue weighted by molar-refractivity contribution is 7.06. The highest BCUT2D eigenvalue weighted by atomic mass is 28.4. The molecule has 0 radical (unpaired) electrons. The summed E-state index contributed by atoms with van der Waals surface area (Å²) in [7, 11) is -0.861. The standard InChI is InChI=1S/C24H26N2O4Si2/c1-28-18-9-7-17(8-10-18)26-20-12-16-14-22-21(31(3,4)30-32(22,5)6)13-15(16)11-19(20)23(25-26)24(27)29-2/h7-14H,1-6H3. The van der Waals surface area contributed by atoms with Crippen molar-refractivity contribution in [3.8, 4) is 11.4 Å². The summed E-state index contributed by atoms with van der Waals surface area (Å²) in [6, 6.07) is 16.4. The van der Waals surface area contributed by atoms with Gasteiger partial charge < -0.3 is 13.6 Å². The van der Waals surface area contributed by atoms with Crippen LogP contribution in [-0.4, -0.2) is 46.6 Å². The molecule has 0 amide bonds. The molecule has 4 aromatic rings. The van der Waals surface area contributed by atoms with Crippen LogP contribution in [0.25, 0.3) is 27.4 Å². The zero-order chi connectivity index (χ0) is 22.8. The molecule has 8 heteroatoms. The molecule has 0 saturated heterocycles. The van der Waals surface area contributed by atoms with Crippen molar-refractivity contribution in [1.82, 2.24) is 9.78 Å². The lowest BCUT2D eigenvalue weighted by Crippen LogP contribution is -2.43. The van der Waals surface area contributed by atoms with Gasteiger partial charge in [0.15, 0.2) is 5.69 Å². The Bertz CT molecular complexity index is 1390. The van der Waals surface area contributed by atoms with E-state index < -0.39 is 22.6 Å². The van der Waals surface area contributed by atoms with Crippen LogP contribution in [-0.2, 0) is 8.85 Å². The average Bonchev–Trinajstić information content (AvgIpc) is 3.21. The second-order valence-corrected chi connectivity index (χ2v) is 17.1. The topological polar surface area (TPSA) is 62.6 Å². The number of nitrogens with zero attached hydrogens (tertiary/aromatic N) is 2. The Labute approximate surface area is 189 Å². The van der Waals surface area contributed by atoms with E-state index in [1.165, 1.54) is 17.5 Å². The van der Waals surface area contributed by atoms with E-state index in [4.69, 9.17) is 13.6 Å². The highest BCUT2D eigenvalue weighted by Gasteiger charge is 2.46. The molecule has 0 bridgehead atoms. The molecule has 164 valence electrons. The number of fused-ring (bicyclic) bond motifs is 3. The van der Waals surface area contributed by atoms with Gasteiger partial charge in [-0.25, -0.2) is 9.48 Å². The molecule has 6 nitrogen and oxygen atoms in total. The molecule has 0 atom stereocenters. The van der Waals surface area contributed by atoms with Gasteiger partial charge in [0, 0.05) is 5.39 Å². The molecule has 0 aliphatic carbocycles. The Morgan fingerprint density at radius 1 is 0.906 bits per heavy atom. The van der Waals surface area contributed by atoms with E-state index in [1.54, 1.807) is 11.8 Å². The van der Waals surface area contributed by atoms with Gasteiger partial charge in [0.1, 0.15) is 5.75 Å². The van der Waals surface area contributed by atoms with Crippen molar-refractivity contribution in [2.45, 2.75) is 26.2 Å². The fraction of sp³-hybridized carbons (Fsp3) is 0.250. The Balaban J connectivity index is 1.81. The van der Waals surface area contributed by atoms with E-state index in [2.05, 4.69) is 55.6 Å². The van der Waals surface area contributed by atoms with Gasteiger partial charge in [-0.15, -0.1) is 0 Å². The highest BCUT2D eigenvalue weighted by Crippen LogP contribution is 2.31. The van der Waals surface area contributed by atoms with Crippen molar-refractivity contribution in [3.63, 3.8) is 0 Å². The molecule has 0 N–H and O–H groups in total. The van der Waals surface area contributed by atoms with E-state index >= 15 is 0 Å². The summed E-state index contributed by atoms with van der Waals surface area (Å²) in [5.41, 5.74) is 2.01. The van der Waals surface area contributed by atoms with Gasteiger partial charge in [0.25, 0.3) is 0 Å². The number of methoxy groups -OCH3 is 2. The summed E-state index contributed by atoms with van der Waals surface area (Å²) >= 11 is 0. The molecule has 0 spiro atoms. The van der Waals surface area contributed by atoms with E-state index in [9.17, 15) is 4.79 Å². The van der Waals surface area contributed by atoms with Gasteiger partial charge in [0.05, 0.1) is 25.4 Å². The van der Waals surface area contributed by atoms with E-state index in [0.717, 1.165) is 33.1 Å². The third kappa shape index (κ3) is 3.09. The van der Waals surface area contributed by atoms with Gasteiger partial charge in [-0.2, -0.15) is 5.10 Å². The minimum absolute atomic E-state index is 0.308. The van der Waals surface area contributed by atoms with Crippen molar-refractivity contribution in [1.29, 1.82) is 0 Å². The fourth-order valence-corrected chi connectivity index (χ4v) is 15.1. The molecule has 0 unspecified atom stereocenters. The maximum Gasteiger partial charge on any atom is 0.359 e. The van der Waals surface area contributed by atoms with Crippen molar-refractivity contribution in [2.75, 3.05) is 14.2 Å². The van der Waals surface area contributed by atoms with E-state index in [-0.39, 0.29) is 0 Å². The normalized spacial score (nSPS) is 16.3. The van der Waals surface area contributed by atoms with Gasteiger partial charge in [-0.1, -0.05) is 12.1 Å². The van der Waals surface area contributed by atoms with Crippen LogP contribution in [0.1, 0.15) is 10.5 Å². The monoisotopic (exact) mass is 462 g/mol. The second kappa shape index (κ2) is 7.03. The molecule has 32 heavy (non-hydrogen) atoms. The number of carbonyl (C=O) groups excluding carboxylic acids is 1. The lowest BCUT2D eigenvalue weighted by molar-refractivity contribution is 0.0595. The first-order valence-corrected chi connectivity index (χ1v) is 16.4. The number of rotatable bonds is 3. The Kier molecular flexibility index (Phi) is 4.60. The molecular formula is C24H26N2O4Si2. The van der Waals surface area contributed by atoms with Gasteiger partial charge in [0.2, 0.25) is 16.6 Å². The number of hydrogen-bond donors (Lipinski definition) is 0. The van der Waals surface area contributed by atoms with Crippen molar-refractivity contribution >= 4 is 54.7 Å². The number of carbonyl (C=O) groups is 1. The molecule has 1 aromatic heterocycles. The van der Waals surface area contributed by atoms with Crippen LogP contribution in [0.4, 0.5) is 0 Å². The van der Waals surface area contributed by atoms with Gasteiger partial charge in [-0.05, 0) is 83.7 Å². The average molecular weight is 463 g/mol. The maximum atomic E-state index is 12.6. The third-order valence-corrected chi connectivity index (χ3v) is 14.0. The van der Waals surface area contributed by atoms with Gasteiger partial charge in [-0.3, -0.25) is 0 Å². The Hall–Kier alpha value is -2.95. The lowest BCUT2D eigenvalue weighted by atomic mass is 10.1. The van der Waals surface area contributed by atoms with Crippen LogP contribution in [0.3, 0.4) is 0 Å². The summed E-state index contributed by atoms with van der Waals surface area (Å²) in [6.07, 6.45) is 0. The third-order valence-electron chi connectivity index (χ3n) is 6.28. The van der Waals surface area contributed by atoms with E-state index in [0.29, 0.717) is 5.69 Å². The Morgan fingerprint density at radius 2 is 1.50 bits per heavy atom. The summed E-state index contributed by atoms with van der Waals surface area (Å²) < 4.78 is 18.7. The van der Waals surface area contributed by atoms with Crippen LogP contribution in [0.2, 0.25) is 26.2 Å². The van der Waals surface area contributed by atoms with Crippen LogP contribution < -0.4 is 15.1 Å². The van der Waals surface area contributed by atoms with Crippen LogP contribution in [0.5, 0.6) is 5.75 Å². The summed E-state index contributed by atoms with van der Waals surface area (Å²) in [6.45, 7) is 9.07. The minimum Gasteiger partial charge on any atom is -0.497 e. The summed E-state index contributed by atoms with van der Waals surface area (Å²) in [5, 5.41) is 10.4. The molecule has 0 fully saturated rings. The number of esters is 1. The molecular weight excluding hydrogens is 436 g/mol. The molecule has 2 heterocycles. The molecule has 3 aromatic carbocycles. The first kappa shape index (κ1) is 20.9. The number of ether oxygens (including phenoxy) is 2. The molecule has 1 aliphatic rings. The van der Waals surface area contributed by atoms with Crippen molar-refractivity contribution in [3.05, 3.63) is 54.2 Å². The number of hydrogen-bond acceptors (Lipinski definition) is 5. The molecule has 0 saturated carbocycles.